The fraction of sp³-hybridized carbons (Fsp3) is 0.462. The number of hydrogen-bond acceptors (Lipinski definition) is 1. The standard InChI is InChI=1S/C13H16F2O2/c1-3-13(14,15)11-6-4-10(5-7-11)8-9(2)12(16)17/h4-7,9H,3,8H2,1-2H3,(H,16,17). The van der Waals surface area contributed by atoms with Gasteiger partial charge in [-0.2, -0.15) is 0 Å². The average molecular weight is 242 g/mol. The molecule has 0 bridgehead atoms. The molecule has 1 unspecified atom stereocenters. The number of hydrogen-bond donors (Lipinski definition) is 1. The van der Waals surface area contributed by atoms with Crippen LogP contribution in [0.15, 0.2) is 24.3 Å². The van der Waals surface area contributed by atoms with Gasteiger partial charge >= 0.3 is 5.97 Å². The fourth-order valence-electron chi connectivity index (χ4n) is 1.53. The molecule has 0 aromatic heterocycles. The summed E-state index contributed by atoms with van der Waals surface area (Å²) in [6.45, 7) is 3.03. The Hall–Kier alpha value is -1.45. The van der Waals surface area contributed by atoms with Gasteiger partial charge in [-0.1, -0.05) is 38.1 Å². The fourth-order valence-corrected chi connectivity index (χ4v) is 1.53. The Morgan fingerprint density at radius 2 is 1.88 bits per heavy atom. The highest BCUT2D eigenvalue weighted by molar-refractivity contribution is 5.69. The van der Waals surface area contributed by atoms with Gasteiger partial charge in [0.1, 0.15) is 0 Å². The molecule has 0 aliphatic heterocycles. The second-order valence-electron chi connectivity index (χ2n) is 4.20. The monoisotopic (exact) mass is 242 g/mol. The van der Waals surface area contributed by atoms with Crippen molar-refractivity contribution in [1.82, 2.24) is 0 Å². The van der Waals surface area contributed by atoms with Crippen LogP contribution in [0, 0.1) is 5.92 Å². The van der Waals surface area contributed by atoms with E-state index in [4.69, 9.17) is 5.11 Å². The SMILES string of the molecule is CCC(F)(F)c1ccc(CC(C)C(=O)O)cc1. The van der Waals surface area contributed by atoms with Gasteiger partial charge in [-0.15, -0.1) is 0 Å². The van der Waals surface area contributed by atoms with Crippen molar-refractivity contribution in [1.29, 1.82) is 0 Å². The summed E-state index contributed by atoms with van der Waals surface area (Å²) in [6.07, 6.45) is 0.116. The summed E-state index contributed by atoms with van der Waals surface area (Å²) in [5.74, 6) is -4.20. The molecule has 1 N–H and O–H groups in total. The Kier molecular flexibility index (Phi) is 4.21. The molecule has 0 radical (unpaired) electrons. The average Bonchev–Trinajstić information content (AvgIpc) is 2.29. The van der Waals surface area contributed by atoms with Gasteiger partial charge < -0.3 is 5.11 Å². The van der Waals surface area contributed by atoms with E-state index in [1.807, 2.05) is 0 Å². The smallest absolute Gasteiger partial charge is 0.306 e. The Balaban J connectivity index is 2.78. The highest BCUT2D eigenvalue weighted by atomic mass is 19.3. The van der Waals surface area contributed by atoms with Crippen LogP contribution < -0.4 is 0 Å². The van der Waals surface area contributed by atoms with E-state index in [1.54, 1.807) is 19.1 Å². The molecule has 0 amide bonds. The van der Waals surface area contributed by atoms with E-state index in [0.29, 0.717) is 6.42 Å². The first-order valence-electron chi connectivity index (χ1n) is 5.57. The third-order valence-corrected chi connectivity index (χ3v) is 2.78. The molecule has 0 spiro atoms. The van der Waals surface area contributed by atoms with Crippen molar-refractivity contribution in [2.75, 3.05) is 0 Å². The topological polar surface area (TPSA) is 37.3 Å². The van der Waals surface area contributed by atoms with Crippen LogP contribution in [0.1, 0.15) is 31.4 Å². The molecule has 0 saturated carbocycles. The second-order valence-corrected chi connectivity index (χ2v) is 4.20. The molecule has 0 aliphatic rings. The van der Waals surface area contributed by atoms with Crippen molar-refractivity contribution >= 4 is 5.97 Å². The maximum Gasteiger partial charge on any atom is 0.306 e. The highest BCUT2D eigenvalue weighted by Crippen LogP contribution is 2.31. The molecule has 94 valence electrons. The zero-order chi connectivity index (χ0) is 13.1. The van der Waals surface area contributed by atoms with E-state index in [0.717, 1.165) is 5.56 Å². The van der Waals surface area contributed by atoms with Crippen molar-refractivity contribution in [2.45, 2.75) is 32.6 Å². The number of aliphatic carboxylic acids is 1. The molecule has 1 aromatic carbocycles. The van der Waals surface area contributed by atoms with Crippen molar-refractivity contribution in [3.8, 4) is 0 Å². The van der Waals surface area contributed by atoms with Crippen LogP contribution in [-0.4, -0.2) is 11.1 Å². The molecular formula is C13H16F2O2. The van der Waals surface area contributed by atoms with Gasteiger partial charge in [0.2, 0.25) is 0 Å². The molecule has 17 heavy (non-hydrogen) atoms. The summed E-state index contributed by atoms with van der Waals surface area (Å²) in [5.41, 5.74) is 0.738. The van der Waals surface area contributed by atoms with Crippen LogP contribution >= 0.6 is 0 Å². The Bertz CT molecular complexity index is 385. The van der Waals surface area contributed by atoms with E-state index >= 15 is 0 Å². The van der Waals surface area contributed by atoms with Crippen LogP contribution in [0.5, 0.6) is 0 Å². The number of carbonyl (C=O) groups is 1. The van der Waals surface area contributed by atoms with E-state index < -0.39 is 17.8 Å². The van der Waals surface area contributed by atoms with E-state index in [2.05, 4.69) is 0 Å². The molecule has 2 nitrogen and oxygen atoms in total. The molecule has 1 atom stereocenters. The Morgan fingerprint density at radius 3 is 2.29 bits per heavy atom. The summed E-state index contributed by atoms with van der Waals surface area (Å²) in [7, 11) is 0. The first kappa shape index (κ1) is 13.6. The minimum absolute atomic E-state index is 0.0215. The van der Waals surface area contributed by atoms with Gasteiger partial charge in [0, 0.05) is 12.0 Å². The largest absolute Gasteiger partial charge is 0.481 e. The quantitative estimate of drug-likeness (QED) is 0.858. The van der Waals surface area contributed by atoms with Crippen LogP contribution in [0.3, 0.4) is 0 Å². The van der Waals surface area contributed by atoms with Crippen LogP contribution in [0.4, 0.5) is 8.78 Å². The summed E-state index contributed by atoms with van der Waals surface area (Å²) < 4.78 is 26.6. The third-order valence-electron chi connectivity index (χ3n) is 2.78. The molecule has 4 heteroatoms. The number of carboxylic acid groups (broad SMARTS) is 1. The van der Waals surface area contributed by atoms with Gasteiger partial charge in [0.25, 0.3) is 5.92 Å². The van der Waals surface area contributed by atoms with E-state index in [1.165, 1.54) is 19.1 Å². The molecule has 1 rings (SSSR count). The van der Waals surface area contributed by atoms with Gasteiger partial charge in [-0.05, 0) is 12.0 Å². The predicted molar refractivity (Wildman–Crippen MR) is 61.1 cm³/mol. The zero-order valence-electron chi connectivity index (χ0n) is 9.91. The van der Waals surface area contributed by atoms with Gasteiger partial charge in [0.15, 0.2) is 0 Å². The van der Waals surface area contributed by atoms with E-state index in [-0.39, 0.29) is 12.0 Å². The Morgan fingerprint density at radius 1 is 1.35 bits per heavy atom. The molecule has 1 aromatic rings. The molecular weight excluding hydrogens is 226 g/mol. The summed E-state index contributed by atoms with van der Waals surface area (Å²) in [4.78, 5) is 10.7. The van der Waals surface area contributed by atoms with Gasteiger partial charge in [-0.3, -0.25) is 4.79 Å². The minimum Gasteiger partial charge on any atom is -0.481 e. The Labute approximate surface area is 99.3 Å². The van der Waals surface area contributed by atoms with Crippen LogP contribution in [-0.2, 0) is 17.1 Å². The third kappa shape index (κ3) is 3.51. The summed E-state index contributed by atoms with van der Waals surface area (Å²) >= 11 is 0. The number of carboxylic acids is 1. The zero-order valence-corrected chi connectivity index (χ0v) is 9.91. The number of halogens is 2. The van der Waals surface area contributed by atoms with Gasteiger partial charge in [0.05, 0.1) is 5.92 Å². The van der Waals surface area contributed by atoms with Crippen LogP contribution in [0.2, 0.25) is 0 Å². The lowest BCUT2D eigenvalue weighted by Gasteiger charge is -2.15. The molecule has 0 aliphatic carbocycles. The number of rotatable bonds is 5. The molecule has 0 saturated heterocycles. The van der Waals surface area contributed by atoms with Gasteiger partial charge in [-0.25, -0.2) is 8.78 Å². The minimum atomic E-state index is -2.81. The first-order valence-corrected chi connectivity index (χ1v) is 5.57. The lowest BCUT2D eigenvalue weighted by atomic mass is 9.98. The van der Waals surface area contributed by atoms with Crippen molar-refractivity contribution in [3.05, 3.63) is 35.4 Å². The lowest BCUT2D eigenvalue weighted by Crippen LogP contribution is -2.13. The van der Waals surface area contributed by atoms with Crippen molar-refractivity contribution in [2.24, 2.45) is 5.92 Å². The van der Waals surface area contributed by atoms with Crippen molar-refractivity contribution in [3.63, 3.8) is 0 Å². The first-order chi connectivity index (χ1) is 7.86. The highest BCUT2D eigenvalue weighted by Gasteiger charge is 2.28. The lowest BCUT2D eigenvalue weighted by molar-refractivity contribution is -0.141. The normalized spacial score (nSPS) is 13.4. The van der Waals surface area contributed by atoms with Crippen LogP contribution in [0.25, 0.3) is 0 Å². The predicted octanol–water partition coefficient (Wildman–Crippen LogP) is 3.45. The maximum atomic E-state index is 13.3. The van der Waals surface area contributed by atoms with Crippen molar-refractivity contribution < 1.29 is 18.7 Å². The number of alkyl halides is 2. The number of benzene rings is 1. The molecule has 0 fully saturated rings. The summed E-state index contributed by atoms with van der Waals surface area (Å²) in [5, 5.41) is 8.75. The molecule has 0 heterocycles. The maximum absolute atomic E-state index is 13.3. The summed E-state index contributed by atoms with van der Waals surface area (Å²) in [6, 6.07) is 5.87. The second kappa shape index (κ2) is 5.25. The van der Waals surface area contributed by atoms with E-state index in [9.17, 15) is 13.6 Å².